The number of hydrogen-bond acceptors (Lipinski definition) is 8. The Morgan fingerprint density at radius 3 is 2.56 bits per heavy atom. The van der Waals surface area contributed by atoms with Gasteiger partial charge in [-0.3, -0.25) is 19.0 Å². The largest absolute Gasteiger partial charge is 0.454 e. The van der Waals surface area contributed by atoms with E-state index < -0.39 is 5.91 Å². The zero-order valence-electron chi connectivity index (χ0n) is 19.0. The first-order valence-electron chi connectivity index (χ1n) is 10.8. The van der Waals surface area contributed by atoms with Gasteiger partial charge < -0.3 is 14.8 Å². The molecule has 178 valence electrons. The van der Waals surface area contributed by atoms with Gasteiger partial charge in [0.05, 0.1) is 39.7 Å². The van der Waals surface area contributed by atoms with Crippen LogP contribution in [-0.2, 0) is 4.79 Å². The predicted octanol–water partition coefficient (Wildman–Crippen LogP) is 3.92. The third-order valence-corrected chi connectivity index (χ3v) is 6.44. The summed E-state index contributed by atoms with van der Waals surface area (Å²) in [5.41, 5.74) is 1.81. The van der Waals surface area contributed by atoms with Gasteiger partial charge in [-0.15, -0.1) is 0 Å². The quantitative estimate of drug-likeness (QED) is 0.241. The van der Waals surface area contributed by atoms with Gasteiger partial charge in [0.25, 0.3) is 5.56 Å². The molecule has 0 radical (unpaired) electrons. The van der Waals surface area contributed by atoms with Crippen molar-refractivity contribution in [3.05, 3.63) is 82.1 Å². The van der Waals surface area contributed by atoms with Crippen molar-refractivity contribution in [1.82, 2.24) is 9.55 Å². The molecule has 1 amide bonds. The van der Waals surface area contributed by atoms with Crippen LogP contribution >= 0.6 is 11.8 Å². The van der Waals surface area contributed by atoms with Crippen LogP contribution < -0.4 is 20.3 Å². The summed E-state index contributed by atoms with van der Waals surface area (Å²) in [6.07, 6.45) is 0. The van der Waals surface area contributed by atoms with Gasteiger partial charge in [0.2, 0.25) is 12.7 Å². The number of nitrogens with zero attached hydrogens (tertiary/aromatic N) is 3. The first-order chi connectivity index (χ1) is 17.4. The maximum atomic E-state index is 13.3. The second-order valence-electron chi connectivity index (χ2n) is 7.85. The molecule has 1 aliphatic heterocycles. The molecule has 0 saturated heterocycles. The lowest BCUT2D eigenvalue weighted by molar-refractivity contribution is -0.113. The van der Waals surface area contributed by atoms with Crippen LogP contribution in [0.25, 0.3) is 16.6 Å². The van der Waals surface area contributed by atoms with E-state index in [0.717, 1.165) is 11.8 Å². The maximum absolute atomic E-state index is 13.3. The highest BCUT2D eigenvalue weighted by atomic mass is 32.2. The van der Waals surface area contributed by atoms with E-state index in [1.165, 1.54) is 11.5 Å². The Balaban J connectivity index is 1.45. The molecule has 2 heterocycles. The number of aromatic nitrogens is 2. The highest BCUT2D eigenvalue weighted by Gasteiger charge is 2.21. The number of anilines is 1. The van der Waals surface area contributed by atoms with Crippen LogP contribution in [0.5, 0.6) is 11.5 Å². The van der Waals surface area contributed by atoms with Gasteiger partial charge in [0, 0.05) is 11.6 Å². The van der Waals surface area contributed by atoms with Crippen molar-refractivity contribution >= 4 is 40.0 Å². The van der Waals surface area contributed by atoms with Gasteiger partial charge in [-0.05, 0) is 49.4 Å². The summed E-state index contributed by atoms with van der Waals surface area (Å²) in [5, 5.41) is 12.6. The van der Waals surface area contributed by atoms with Crippen molar-refractivity contribution in [3.8, 4) is 23.3 Å². The van der Waals surface area contributed by atoms with Crippen LogP contribution in [0.4, 0.5) is 5.69 Å². The van der Waals surface area contributed by atoms with Crippen molar-refractivity contribution in [3.63, 3.8) is 0 Å². The number of nitrogens with one attached hydrogen (secondary N) is 1. The van der Waals surface area contributed by atoms with Gasteiger partial charge in [0.1, 0.15) is 0 Å². The van der Waals surface area contributed by atoms with Crippen LogP contribution in [0.1, 0.15) is 22.8 Å². The maximum Gasteiger partial charge on any atom is 0.266 e. The number of fused-ring (bicyclic) bond motifs is 2. The van der Waals surface area contributed by atoms with E-state index in [0.29, 0.717) is 50.1 Å². The van der Waals surface area contributed by atoms with Gasteiger partial charge in [-0.25, -0.2) is 4.98 Å². The standard InChI is InChI=1S/C26H18N4O5S/c1-15(31)19-10-22-23(35-14-34-22)11-21(19)28-24(32)13-36-26-29-20-5-3-2-4-18(20)25(33)30(26)17-8-6-16(12-27)7-9-17/h2-11H,13-14H2,1H3,(H,28,32). The second-order valence-corrected chi connectivity index (χ2v) is 8.80. The molecule has 10 heteroatoms. The Morgan fingerprint density at radius 1 is 1.11 bits per heavy atom. The molecule has 0 atom stereocenters. The van der Waals surface area contributed by atoms with E-state index in [-0.39, 0.29) is 23.9 Å². The molecular weight excluding hydrogens is 480 g/mol. The van der Waals surface area contributed by atoms with E-state index in [9.17, 15) is 14.4 Å². The minimum absolute atomic E-state index is 0.0421. The molecule has 0 spiro atoms. The Kier molecular flexibility index (Phi) is 6.14. The van der Waals surface area contributed by atoms with Crippen molar-refractivity contribution in [2.24, 2.45) is 0 Å². The minimum atomic E-state index is -0.393. The van der Waals surface area contributed by atoms with Crippen LogP contribution in [-0.4, -0.2) is 33.8 Å². The Hall–Kier alpha value is -4.62. The number of ether oxygens (including phenoxy) is 2. The number of amides is 1. The van der Waals surface area contributed by atoms with E-state index in [2.05, 4.69) is 16.4 Å². The zero-order chi connectivity index (χ0) is 25.2. The molecule has 3 aromatic carbocycles. The molecule has 4 aromatic rings. The number of ketones is 1. The molecule has 1 aromatic heterocycles. The molecule has 5 rings (SSSR count). The number of thioether (sulfide) groups is 1. The molecule has 1 aliphatic rings. The monoisotopic (exact) mass is 498 g/mol. The fourth-order valence-electron chi connectivity index (χ4n) is 3.77. The van der Waals surface area contributed by atoms with Gasteiger partial charge in [-0.2, -0.15) is 5.26 Å². The normalized spacial score (nSPS) is 11.8. The lowest BCUT2D eigenvalue weighted by Crippen LogP contribution is -2.23. The summed E-state index contributed by atoms with van der Waals surface area (Å²) in [6, 6.07) is 18.7. The fourth-order valence-corrected chi connectivity index (χ4v) is 4.59. The summed E-state index contributed by atoms with van der Waals surface area (Å²) >= 11 is 1.08. The third kappa shape index (κ3) is 4.39. The average Bonchev–Trinajstić information content (AvgIpc) is 3.35. The highest BCUT2D eigenvalue weighted by molar-refractivity contribution is 7.99. The second kappa shape index (κ2) is 9.56. The summed E-state index contributed by atoms with van der Waals surface area (Å²) < 4.78 is 12.1. The summed E-state index contributed by atoms with van der Waals surface area (Å²) in [5.74, 6) is 0.178. The molecular formula is C26H18N4O5S. The number of rotatable bonds is 6. The van der Waals surface area contributed by atoms with Crippen molar-refractivity contribution < 1.29 is 19.1 Å². The molecule has 1 N–H and O–H groups in total. The lowest BCUT2D eigenvalue weighted by Gasteiger charge is -2.14. The smallest absolute Gasteiger partial charge is 0.266 e. The third-order valence-electron chi connectivity index (χ3n) is 5.50. The van der Waals surface area contributed by atoms with E-state index in [4.69, 9.17) is 14.7 Å². The lowest BCUT2D eigenvalue weighted by atomic mass is 10.1. The fraction of sp³-hybridized carbons (Fsp3) is 0.115. The molecule has 0 bridgehead atoms. The number of nitriles is 1. The van der Waals surface area contributed by atoms with E-state index in [1.54, 1.807) is 60.7 Å². The van der Waals surface area contributed by atoms with Crippen molar-refractivity contribution in [1.29, 1.82) is 5.26 Å². The molecule has 36 heavy (non-hydrogen) atoms. The Bertz CT molecular complexity index is 1620. The summed E-state index contributed by atoms with van der Waals surface area (Å²) in [4.78, 5) is 43.0. The summed E-state index contributed by atoms with van der Waals surface area (Å²) in [6.45, 7) is 1.44. The van der Waals surface area contributed by atoms with Gasteiger partial charge in [0.15, 0.2) is 22.4 Å². The van der Waals surface area contributed by atoms with Crippen molar-refractivity contribution in [2.45, 2.75) is 12.1 Å². The van der Waals surface area contributed by atoms with E-state index in [1.807, 2.05) is 0 Å². The molecule has 0 unspecified atom stereocenters. The molecule has 0 saturated carbocycles. The first kappa shape index (κ1) is 23.1. The number of carbonyl (C=O) groups is 2. The molecule has 9 nitrogen and oxygen atoms in total. The first-order valence-corrected chi connectivity index (χ1v) is 11.8. The average molecular weight is 499 g/mol. The zero-order valence-corrected chi connectivity index (χ0v) is 19.8. The topological polar surface area (TPSA) is 123 Å². The van der Waals surface area contributed by atoms with Gasteiger partial charge in [-0.1, -0.05) is 23.9 Å². The van der Waals surface area contributed by atoms with Gasteiger partial charge >= 0.3 is 0 Å². The number of benzene rings is 3. The van der Waals surface area contributed by atoms with Crippen LogP contribution in [0.15, 0.2) is 70.6 Å². The number of para-hydroxylation sites is 1. The molecule has 0 aliphatic carbocycles. The Labute approximate surface area is 209 Å². The van der Waals surface area contributed by atoms with Crippen LogP contribution in [0, 0.1) is 11.3 Å². The summed E-state index contributed by atoms with van der Waals surface area (Å²) in [7, 11) is 0. The number of hydrogen-bond donors (Lipinski definition) is 1. The minimum Gasteiger partial charge on any atom is -0.454 e. The van der Waals surface area contributed by atoms with Crippen LogP contribution in [0.2, 0.25) is 0 Å². The van der Waals surface area contributed by atoms with Crippen molar-refractivity contribution in [2.75, 3.05) is 17.9 Å². The van der Waals surface area contributed by atoms with Crippen LogP contribution in [0.3, 0.4) is 0 Å². The SMILES string of the molecule is CC(=O)c1cc2c(cc1NC(=O)CSc1nc3ccccc3c(=O)n1-c1ccc(C#N)cc1)OCO2. The Morgan fingerprint density at radius 2 is 1.83 bits per heavy atom. The predicted molar refractivity (Wildman–Crippen MR) is 134 cm³/mol. The highest BCUT2D eigenvalue weighted by Crippen LogP contribution is 2.37. The molecule has 0 fully saturated rings. The number of Topliss-reactive ketones (excluding diaryl/α,β-unsaturated/α-hetero) is 1. The number of carbonyl (C=O) groups excluding carboxylic acids is 2. The van der Waals surface area contributed by atoms with E-state index >= 15 is 0 Å².